The second-order valence-electron chi connectivity index (χ2n) is 6.26. The van der Waals surface area contributed by atoms with Crippen LogP contribution in [-0.2, 0) is 5.54 Å². The molecule has 1 aromatic carbocycles. The van der Waals surface area contributed by atoms with Crippen molar-refractivity contribution in [2.75, 3.05) is 0 Å². The van der Waals surface area contributed by atoms with E-state index in [1.807, 2.05) is 31.2 Å². The Bertz CT molecular complexity index is 884. The molecule has 1 fully saturated rings. The van der Waals surface area contributed by atoms with Crippen LogP contribution in [0.25, 0.3) is 22.4 Å². The van der Waals surface area contributed by atoms with Gasteiger partial charge in [-0.3, -0.25) is 4.98 Å². The van der Waals surface area contributed by atoms with E-state index in [9.17, 15) is 0 Å². The molecular formula is C17H18BrClN4O. The maximum absolute atomic E-state index is 6.43. The highest BCUT2D eigenvalue weighted by molar-refractivity contribution is 9.10. The smallest absolute Gasteiger partial charge is 0.258 e. The number of fused-ring (bicyclic) bond motifs is 1. The lowest BCUT2D eigenvalue weighted by atomic mass is 9.98. The van der Waals surface area contributed by atoms with Crippen LogP contribution in [0, 0.1) is 6.92 Å². The Balaban J connectivity index is 0.00000169. The molecule has 1 saturated carbocycles. The standard InChI is InChI=1S/C17H17BrN4O.ClH/c1-10-8-13(12-5-4-11(18)9-14(12)20-10)15-21-16(22-23-15)17(19)6-2-3-7-17;/h4-5,8-9H,2-3,6-7,19H2,1H3;1H. The van der Waals surface area contributed by atoms with E-state index in [0.717, 1.165) is 52.3 Å². The second kappa shape index (κ2) is 6.43. The molecule has 5 nitrogen and oxygen atoms in total. The molecule has 0 atom stereocenters. The number of rotatable bonds is 2. The summed E-state index contributed by atoms with van der Waals surface area (Å²) in [4.78, 5) is 9.18. The molecule has 0 saturated heterocycles. The third-order valence-electron chi connectivity index (χ3n) is 4.50. The number of aromatic nitrogens is 3. The van der Waals surface area contributed by atoms with E-state index in [0.29, 0.717) is 11.7 Å². The fraction of sp³-hybridized carbons (Fsp3) is 0.353. The Morgan fingerprint density at radius 1 is 1.17 bits per heavy atom. The summed E-state index contributed by atoms with van der Waals surface area (Å²) in [6.45, 7) is 1.96. The lowest BCUT2D eigenvalue weighted by Gasteiger charge is -2.17. The normalized spacial score (nSPS) is 16.3. The van der Waals surface area contributed by atoms with Gasteiger partial charge in [0.05, 0.1) is 16.6 Å². The Morgan fingerprint density at radius 3 is 2.67 bits per heavy atom. The first kappa shape index (κ1) is 17.3. The van der Waals surface area contributed by atoms with Gasteiger partial charge in [-0.1, -0.05) is 40.0 Å². The fourth-order valence-corrected chi connectivity index (χ4v) is 3.62. The van der Waals surface area contributed by atoms with Gasteiger partial charge in [0.2, 0.25) is 0 Å². The van der Waals surface area contributed by atoms with Crippen LogP contribution in [0.1, 0.15) is 37.2 Å². The Labute approximate surface area is 154 Å². The summed E-state index contributed by atoms with van der Waals surface area (Å²) in [5, 5.41) is 5.15. The van der Waals surface area contributed by atoms with Crippen molar-refractivity contribution >= 4 is 39.2 Å². The number of nitrogens with two attached hydrogens (primary N) is 1. The number of nitrogens with zero attached hydrogens (tertiary/aromatic N) is 3. The first-order valence-electron chi connectivity index (χ1n) is 7.75. The van der Waals surface area contributed by atoms with E-state index >= 15 is 0 Å². The summed E-state index contributed by atoms with van der Waals surface area (Å²) in [7, 11) is 0. The summed E-state index contributed by atoms with van der Waals surface area (Å²) < 4.78 is 6.53. The quantitative estimate of drug-likeness (QED) is 0.674. The van der Waals surface area contributed by atoms with E-state index in [1.165, 1.54) is 0 Å². The number of hydrogen-bond acceptors (Lipinski definition) is 5. The van der Waals surface area contributed by atoms with Crippen LogP contribution in [-0.4, -0.2) is 15.1 Å². The lowest BCUT2D eigenvalue weighted by molar-refractivity contribution is 0.373. The van der Waals surface area contributed by atoms with Crippen LogP contribution in [0.2, 0.25) is 0 Å². The molecule has 0 spiro atoms. The van der Waals surface area contributed by atoms with Gasteiger partial charge >= 0.3 is 0 Å². The van der Waals surface area contributed by atoms with Crippen LogP contribution in [0.3, 0.4) is 0 Å². The van der Waals surface area contributed by atoms with Crippen LogP contribution in [0.4, 0.5) is 0 Å². The molecule has 0 radical (unpaired) electrons. The van der Waals surface area contributed by atoms with Crippen molar-refractivity contribution in [3.63, 3.8) is 0 Å². The van der Waals surface area contributed by atoms with Crippen molar-refractivity contribution in [2.24, 2.45) is 5.73 Å². The van der Waals surface area contributed by atoms with Crippen LogP contribution >= 0.6 is 28.3 Å². The van der Waals surface area contributed by atoms with E-state index in [1.54, 1.807) is 0 Å². The largest absolute Gasteiger partial charge is 0.334 e. The van der Waals surface area contributed by atoms with Gasteiger partial charge in [0.25, 0.3) is 5.89 Å². The molecular weight excluding hydrogens is 392 g/mol. The van der Waals surface area contributed by atoms with Gasteiger partial charge in [-0.15, -0.1) is 12.4 Å². The molecule has 4 rings (SSSR count). The molecule has 2 heterocycles. The number of hydrogen-bond donors (Lipinski definition) is 1. The average Bonchev–Trinajstić information content (AvgIpc) is 3.15. The summed E-state index contributed by atoms with van der Waals surface area (Å²) in [6, 6.07) is 7.97. The van der Waals surface area contributed by atoms with Crippen molar-refractivity contribution in [1.29, 1.82) is 0 Å². The molecule has 24 heavy (non-hydrogen) atoms. The van der Waals surface area contributed by atoms with Gasteiger partial charge in [-0.2, -0.15) is 4.98 Å². The molecule has 0 aliphatic heterocycles. The zero-order valence-electron chi connectivity index (χ0n) is 13.3. The zero-order chi connectivity index (χ0) is 16.0. The molecule has 7 heteroatoms. The molecule has 3 aromatic rings. The fourth-order valence-electron chi connectivity index (χ4n) is 3.28. The van der Waals surface area contributed by atoms with Crippen molar-refractivity contribution in [3.8, 4) is 11.5 Å². The van der Waals surface area contributed by atoms with Crippen LogP contribution in [0.5, 0.6) is 0 Å². The Morgan fingerprint density at radius 2 is 1.92 bits per heavy atom. The molecule has 1 aliphatic carbocycles. The van der Waals surface area contributed by atoms with Crippen molar-refractivity contribution in [1.82, 2.24) is 15.1 Å². The van der Waals surface area contributed by atoms with E-state index < -0.39 is 5.54 Å². The highest BCUT2D eigenvalue weighted by Gasteiger charge is 2.36. The predicted molar refractivity (Wildman–Crippen MR) is 99.1 cm³/mol. The Hall–Kier alpha value is -1.50. The summed E-state index contributed by atoms with van der Waals surface area (Å²) in [5.74, 6) is 1.12. The van der Waals surface area contributed by atoms with Crippen molar-refractivity contribution in [2.45, 2.75) is 38.1 Å². The summed E-state index contributed by atoms with van der Waals surface area (Å²) in [5.41, 5.74) is 8.70. The monoisotopic (exact) mass is 408 g/mol. The van der Waals surface area contributed by atoms with Crippen molar-refractivity contribution in [3.05, 3.63) is 40.3 Å². The van der Waals surface area contributed by atoms with Gasteiger partial charge in [0.15, 0.2) is 5.82 Å². The van der Waals surface area contributed by atoms with Crippen LogP contribution < -0.4 is 5.73 Å². The lowest BCUT2D eigenvalue weighted by Crippen LogP contribution is -2.34. The summed E-state index contributed by atoms with van der Waals surface area (Å²) in [6.07, 6.45) is 4.06. The molecule has 0 bridgehead atoms. The second-order valence-corrected chi connectivity index (χ2v) is 7.17. The number of pyridine rings is 1. The topological polar surface area (TPSA) is 77.8 Å². The van der Waals surface area contributed by atoms with Gasteiger partial charge < -0.3 is 10.3 Å². The molecule has 0 unspecified atom stereocenters. The van der Waals surface area contributed by atoms with Gasteiger partial charge in [0.1, 0.15) is 0 Å². The number of aryl methyl sites for hydroxylation is 1. The molecule has 1 aliphatic rings. The van der Waals surface area contributed by atoms with Gasteiger partial charge in [-0.05, 0) is 38.0 Å². The van der Waals surface area contributed by atoms with Gasteiger partial charge in [-0.25, -0.2) is 0 Å². The predicted octanol–water partition coefficient (Wildman–Crippen LogP) is 4.51. The summed E-state index contributed by atoms with van der Waals surface area (Å²) >= 11 is 3.49. The first-order valence-corrected chi connectivity index (χ1v) is 8.55. The third kappa shape index (κ3) is 2.94. The highest BCUT2D eigenvalue weighted by Crippen LogP contribution is 2.36. The van der Waals surface area contributed by atoms with Crippen molar-refractivity contribution < 1.29 is 4.52 Å². The third-order valence-corrected chi connectivity index (χ3v) is 4.99. The van der Waals surface area contributed by atoms with E-state index in [4.69, 9.17) is 10.3 Å². The molecule has 126 valence electrons. The maximum Gasteiger partial charge on any atom is 0.258 e. The minimum absolute atomic E-state index is 0. The zero-order valence-corrected chi connectivity index (χ0v) is 15.7. The molecule has 2 N–H and O–H groups in total. The van der Waals surface area contributed by atoms with Gasteiger partial charge in [0, 0.05) is 15.6 Å². The number of halogens is 2. The van der Waals surface area contributed by atoms with Crippen LogP contribution in [0.15, 0.2) is 33.3 Å². The molecule has 2 aromatic heterocycles. The minimum atomic E-state index is -0.442. The SMILES string of the molecule is Cc1cc(-c2nc(C3(N)CCCC3)no2)c2ccc(Br)cc2n1.Cl. The molecule has 0 amide bonds. The van der Waals surface area contributed by atoms with E-state index in [2.05, 4.69) is 31.1 Å². The number of benzene rings is 1. The van der Waals surface area contributed by atoms with E-state index in [-0.39, 0.29) is 12.4 Å². The first-order chi connectivity index (χ1) is 11.0. The average molecular weight is 410 g/mol. The maximum atomic E-state index is 6.43. The Kier molecular flexibility index (Phi) is 4.64. The highest BCUT2D eigenvalue weighted by atomic mass is 79.9. The minimum Gasteiger partial charge on any atom is -0.334 e.